The summed E-state index contributed by atoms with van der Waals surface area (Å²) in [5.74, 6) is 0.229. The molecule has 3 unspecified atom stereocenters. The van der Waals surface area contributed by atoms with Crippen molar-refractivity contribution in [3.8, 4) is 16.8 Å². The summed E-state index contributed by atoms with van der Waals surface area (Å²) in [5.41, 5.74) is 6.27. The van der Waals surface area contributed by atoms with E-state index in [1.807, 2.05) is 67.1 Å². The number of halogens is 1. The Hall–Kier alpha value is -4.05. The predicted octanol–water partition coefficient (Wildman–Crippen LogP) is 5.53. The Morgan fingerprint density at radius 3 is 2.73 bits per heavy atom. The zero-order valence-corrected chi connectivity index (χ0v) is 20.6. The number of aliphatic hydroxyl groups excluding tert-OH is 1. The van der Waals surface area contributed by atoms with Crippen LogP contribution in [0, 0.1) is 19.7 Å². The summed E-state index contributed by atoms with van der Waals surface area (Å²) >= 11 is 0. The van der Waals surface area contributed by atoms with Gasteiger partial charge in [-0.3, -0.25) is 0 Å². The molecule has 0 saturated carbocycles. The zero-order valence-electron chi connectivity index (χ0n) is 20.6. The smallest absolute Gasteiger partial charge is 0.182 e. The Bertz CT molecular complexity index is 1530. The van der Waals surface area contributed by atoms with Gasteiger partial charge in [-0.1, -0.05) is 36.4 Å². The lowest BCUT2D eigenvalue weighted by molar-refractivity contribution is -0.0764. The van der Waals surface area contributed by atoms with Crippen molar-refractivity contribution in [1.82, 2.24) is 9.78 Å². The fraction of sp³-hybridized carbons (Fsp3) is 0.214. The first kappa shape index (κ1) is 23.4. The number of aliphatic hydroxyl groups is 1. The van der Waals surface area contributed by atoms with E-state index in [9.17, 15) is 5.11 Å². The molecule has 0 aliphatic carbocycles. The van der Waals surface area contributed by atoms with Gasteiger partial charge in [0, 0.05) is 29.5 Å². The van der Waals surface area contributed by atoms with Crippen LogP contribution in [-0.2, 0) is 9.47 Å². The Morgan fingerprint density at radius 2 is 1.92 bits per heavy atom. The van der Waals surface area contributed by atoms with Gasteiger partial charge < -0.3 is 25.2 Å². The number of para-hydroxylation sites is 2. The molecule has 3 N–H and O–H groups in total. The van der Waals surface area contributed by atoms with Crippen LogP contribution in [0.15, 0.2) is 65.7 Å². The van der Waals surface area contributed by atoms with E-state index in [0.717, 1.165) is 16.8 Å². The maximum Gasteiger partial charge on any atom is 0.182 e. The molecule has 0 radical (unpaired) electrons. The molecule has 0 bridgehead atoms. The second-order valence-electron chi connectivity index (χ2n) is 9.10. The lowest BCUT2D eigenvalue weighted by atomic mass is 9.99. The maximum atomic E-state index is 15.4. The van der Waals surface area contributed by atoms with E-state index in [0.29, 0.717) is 39.6 Å². The first-order valence-corrected chi connectivity index (χ1v) is 12.0. The third-order valence-electron chi connectivity index (χ3n) is 6.72. The van der Waals surface area contributed by atoms with Crippen LogP contribution in [0.4, 0.5) is 21.6 Å². The number of aryl methyl sites for hydroxylation is 2. The predicted molar refractivity (Wildman–Crippen MR) is 140 cm³/mol. The second-order valence-corrected chi connectivity index (χ2v) is 9.10. The maximum absolute atomic E-state index is 15.4. The molecule has 3 heterocycles. The molecule has 2 aliphatic heterocycles. The first-order valence-electron chi connectivity index (χ1n) is 12.0. The van der Waals surface area contributed by atoms with E-state index in [2.05, 4.69) is 15.6 Å². The monoisotopic (exact) mass is 499 g/mol. The van der Waals surface area contributed by atoms with Crippen LogP contribution in [-0.4, -0.2) is 34.6 Å². The fourth-order valence-electron chi connectivity index (χ4n) is 4.81. The standard InChI is InChI=1S/C28H26FN5O3/c1-15-8-4-7-11-22(15)34-26(32-21-10-6-5-9-18(21)28(35)36-3)23(16(2)33-34)17-12-19-24(20(29)13-17)30-14-31-27-25(19)37-27/h4-14,25,27-28,32,35H,1-3H3,(H,30,31). The average molecular weight is 500 g/mol. The van der Waals surface area contributed by atoms with Crippen molar-refractivity contribution in [1.29, 1.82) is 0 Å². The molecule has 1 aromatic heterocycles. The van der Waals surface area contributed by atoms with Crippen LogP contribution in [0.5, 0.6) is 0 Å². The number of ether oxygens (including phenoxy) is 2. The summed E-state index contributed by atoms with van der Waals surface area (Å²) in [4.78, 5) is 4.25. The Kier molecular flexibility index (Phi) is 5.75. The largest absolute Gasteiger partial charge is 0.364 e. The molecule has 9 heteroatoms. The highest BCUT2D eigenvalue weighted by Gasteiger charge is 2.43. The van der Waals surface area contributed by atoms with Crippen LogP contribution in [0.1, 0.15) is 34.8 Å². The van der Waals surface area contributed by atoms with Crippen LogP contribution in [0.2, 0.25) is 0 Å². The third-order valence-corrected chi connectivity index (χ3v) is 6.72. The van der Waals surface area contributed by atoms with E-state index in [1.54, 1.807) is 6.07 Å². The van der Waals surface area contributed by atoms with Crippen molar-refractivity contribution in [2.75, 3.05) is 17.7 Å². The summed E-state index contributed by atoms with van der Waals surface area (Å²) in [6.45, 7) is 3.91. The second kappa shape index (κ2) is 9.11. The number of methoxy groups -OCH3 is 1. The van der Waals surface area contributed by atoms with Crippen molar-refractivity contribution >= 4 is 23.5 Å². The highest BCUT2D eigenvalue weighted by molar-refractivity contribution is 5.86. The molecule has 3 atom stereocenters. The summed E-state index contributed by atoms with van der Waals surface area (Å²) in [5, 5.41) is 21.7. The van der Waals surface area contributed by atoms with E-state index >= 15 is 4.39 Å². The van der Waals surface area contributed by atoms with Gasteiger partial charge >= 0.3 is 0 Å². The number of nitrogens with zero attached hydrogens (tertiary/aromatic N) is 3. The molecular formula is C28H26FN5O3. The van der Waals surface area contributed by atoms with Gasteiger partial charge in [0.25, 0.3) is 0 Å². The van der Waals surface area contributed by atoms with Crippen molar-refractivity contribution in [2.24, 2.45) is 4.99 Å². The molecule has 4 aromatic rings. The number of benzene rings is 3. The number of aromatic nitrogens is 2. The number of hydrogen-bond acceptors (Lipinski definition) is 7. The van der Waals surface area contributed by atoms with Gasteiger partial charge in [0.2, 0.25) is 0 Å². The number of aliphatic imine (C=N–C) groups is 1. The van der Waals surface area contributed by atoms with Crippen LogP contribution in [0.3, 0.4) is 0 Å². The zero-order chi connectivity index (χ0) is 25.7. The number of nitrogens with one attached hydrogen (secondary N) is 2. The van der Waals surface area contributed by atoms with Gasteiger partial charge in [-0.15, -0.1) is 0 Å². The Balaban J connectivity index is 1.56. The van der Waals surface area contributed by atoms with Gasteiger partial charge in [0.15, 0.2) is 12.5 Å². The summed E-state index contributed by atoms with van der Waals surface area (Å²) < 4.78 is 28.1. The summed E-state index contributed by atoms with van der Waals surface area (Å²) in [6, 6.07) is 18.7. The number of rotatable bonds is 6. The Labute approximate surface area is 213 Å². The molecule has 8 nitrogen and oxygen atoms in total. The molecule has 6 rings (SSSR count). The molecule has 188 valence electrons. The normalized spacial score (nSPS) is 18.4. The van der Waals surface area contributed by atoms with Gasteiger partial charge in [0.05, 0.1) is 23.4 Å². The van der Waals surface area contributed by atoms with Crippen molar-refractivity contribution in [3.05, 3.63) is 88.9 Å². The number of anilines is 3. The van der Waals surface area contributed by atoms with Crippen molar-refractivity contribution in [3.63, 3.8) is 0 Å². The van der Waals surface area contributed by atoms with E-state index in [1.165, 1.54) is 19.5 Å². The van der Waals surface area contributed by atoms with Gasteiger partial charge in [-0.25, -0.2) is 14.1 Å². The molecule has 2 aliphatic rings. The number of fused-ring (bicyclic) bond motifs is 3. The van der Waals surface area contributed by atoms with E-state index in [4.69, 9.17) is 14.6 Å². The van der Waals surface area contributed by atoms with Crippen molar-refractivity contribution < 1.29 is 19.0 Å². The minimum absolute atomic E-state index is 0.295. The summed E-state index contributed by atoms with van der Waals surface area (Å²) in [7, 11) is 1.44. The average Bonchev–Trinajstić information content (AvgIpc) is 3.62. The van der Waals surface area contributed by atoms with Crippen LogP contribution >= 0.6 is 0 Å². The fourth-order valence-corrected chi connectivity index (χ4v) is 4.81. The Morgan fingerprint density at radius 1 is 1.14 bits per heavy atom. The molecule has 1 fully saturated rings. The van der Waals surface area contributed by atoms with Gasteiger partial charge in [-0.2, -0.15) is 5.10 Å². The topological polar surface area (TPSA) is 96.2 Å². The number of hydrogen-bond donors (Lipinski definition) is 3. The quantitative estimate of drug-likeness (QED) is 0.239. The van der Waals surface area contributed by atoms with Gasteiger partial charge in [0.1, 0.15) is 17.7 Å². The highest BCUT2D eigenvalue weighted by atomic mass is 19.1. The summed E-state index contributed by atoms with van der Waals surface area (Å²) in [6.07, 6.45) is -0.246. The minimum atomic E-state index is -1.12. The molecule has 37 heavy (non-hydrogen) atoms. The molecule has 1 saturated heterocycles. The lowest BCUT2D eigenvalue weighted by Gasteiger charge is -2.19. The molecular weight excluding hydrogens is 473 g/mol. The molecule has 0 amide bonds. The number of epoxide rings is 1. The third kappa shape index (κ3) is 4.07. The van der Waals surface area contributed by atoms with Gasteiger partial charge in [-0.05, 0) is 49.2 Å². The first-order chi connectivity index (χ1) is 18.0. The lowest BCUT2D eigenvalue weighted by Crippen LogP contribution is -2.08. The molecule has 3 aromatic carbocycles. The van der Waals surface area contributed by atoms with E-state index in [-0.39, 0.29) is 12.3 Å². The SMILES string of the molecule is COC(O)c1ccccc1Nc1c(-c2cc(F)c3c(c2)C2OC2N=CN3)c(C)nn1-c1ccccc1C. The van der Waals surface area contributed by atoms with Crippen molar-refractivity contribution in [2.45, 2.75) is 32.5 Å². The minimum Gasteiger partial charge on any atom is -0.364 e. The van der Waals surface area contributed by atoms with Crippen LogP contribution < -0.4 is 10.6 Å². The van der Waals surface area contributed by atoms with Crippen LogP contribution in [0.25, 0.3) is 16.8 Å². The van der Waals surface area contributed by atoms with E-state index < -0.39 is 12.1 Å². The highest BCUT2D eigenvalue weighted by Crippen LogP contribution is 2.47. The molecule has 0 spiro atoms.